The van der Waals surface area contributed by atoms with Crippen molar-refractivity contribution >= 4 is 16.9 Å². The maximum absolute atomic E-state index is 11.9. The number of carbonyl (C=O) groups excluding carboxylic acids is 1. The van der Waals surface area contributed by atoms with Crippen molar-refractivity contribution in [2.45, 2.75) is 77.3 Å². The Morgan fingerprint density at radius 3 is 2.34 bits per heavy atom. The highest BCUT2D eigenvalue weighted by atomic mass is 32.2. The lowest BCUT2D eigenvalue weighted by molar-refractivity contribution is -0.115. The normalized spacial score (nSPS) is 23.0. The van der Waals surface area contributed by atoms with E-state index in [-0.39, 0.29) is 5.92 Å². The lowest BCUT2D eigenvalue weighted by Crippen LogP contribution is -2.34. The highest BCUT2D eigenvalue weighted by molar-refractivity contribution is 8.13. The zero-order valence-electron chi connectivity index (χ0n) is 20.0. The highest BCUT2D eigenvalue weighted by Crippen LogP contribution is 2.37. The Bertz CT molecular complexity index is 859. The van der Waals surface area contributed by atoms with Crippen LogP contribution in [0.15, 0.2) is 36.7 Å². The Balaban J connectivity index is 1.21. The molecule has 1 aromatic heterocycles. The van der Waals surface area contributed by atoms with Crippen LogP contribution < -0.4 is 0 Å². The topological polar surface area (TPSA) is 38.1 Å². The predicted molar refractivity (Wildman–Crippen MR) is 134 cm³/mol. The van der Waals surface area contributed by atoms with Gasteiger partial charge in [-0.25, -0.2) is 0 Å². The minimum Gasteiger partial charge on any atom is -0.299 e. The van der Waals surface area contributed by atoms with Gasteiger partial charge in [-0.1, -0.05) is 49.9 Å². The summed E-state index contributed by atoms with van der Waals surface area (Å²) in [4.78, 5) is 14.5. The summed E-state index contributed by atoms with van der Waals surface area (Å²) in [6, 6.07) is 9.34. The zero-order chi connectivity index (χ0) is 22.5. The van der Waals surface area contributed by atoms with E-state index in [9.17, 15) is 4.79 Å². The third-order valence-electron chi connectivity index (χ3n) is 7.59. The Morgan fingerprint density at radius 2 is 1.75 bits per heavy atom. The summed E-state index contributed by atoms with van der Waals surface area (Å²) in [7, 11) is 0. The minimum absolute atomic E-state index is 0.286. The van der Waals surface area contributed by atoms with Crippen LogP contribution in [0.2, 0.25) is 0 Å². The van der Waals surface area contributed by atoms with E-state index in [1.807, 2.05) is 12.5 Å². The van der Waals surface area contributed by atoms with E-state index in [0.29, 0.717) is 17.0 Å². The first-order chi connectivity index (χ1) is 15.5. The predicted octanol–water partition coefficient (Wildman–Crippen LogP) is 6.08. The molecular formula is C27H39N3OS. The molecule has 0 amide bonds. The molecule has 174 valence electrons. The molecule has 0 N–H and O–H groups in total. The van der Waals surface area contributed by atoms with Crippen LogP contribution >= 0.6 is 11.8 Å². The number of aromatic nitrogens is 2. The molecule has 0 spiro atoms. The molecule has 2 fully saturated rings. The molecule has 5 heteroatoms. The summed E-state index contributed by atoms with van der Waals surface area (Å²) in [5, 5.41) is 4.95. The van der Waals surface area contributed by atoms with E-state index in [0.717, 1.165) is 44.7 Å². The fourth-order valence-corrected chi connectivity index (χ4v) is 5.92. The molecule has 0 atom stereocenters. The average molecular weight is 454 g/mol. The van der Waals surface area contributed by atoms with Crippen LogP contribution in [0.3, 0.4) is 0 Å². The molecule has 0 bridgehead atoms. The van der Waals surface area contributed by atoms with Gasteiger partial charge < -0.3 is 0 Å². The van der Waals surface area contributed by atoms with Crippen LogP contribution in [0, 0.1) is 11.8 Å². The molecule has 1 aromatic carbocycles. The number of benzene rings is 1. The highest BCUT2D eigenvalue weighted by Gasteiger charge is 2.26. The molecule has 4 nitrogen and oxygen atoms in total. The van der Waals surface area contributed by atoms with Crippen molar-refractivity contribution in [2.75, 3.05) is 19.3 Å². The van der Waals surface area contributed by atoms with Crippen molar-refractivity contribution < 1.29 is 4.79 Å². The fraction of sp³-hybridized carbons (Fsp3) is 0.630. The molecule has 1 aliphatic carbocycles. The summed E-state index contributed by atoms with van der Waals surface area (Å²) in [5.74, 6) is 2.20. The molecule has 4 rings (SSSR count). The van der Waals surface area contributed by atoms with Crippen LogP contribution in [0.4, 0.5) is 0 Å². The monoisotopic (exact) mass is 453 g/mol. The van der Waals surface area contributed by atoms with Crippen molar-refractivity contribution in [2.24, 2.45) is 11.8 Å². The second kappa shape index (κ2) is 11.0. The molecule has 0 unspecified atom stereocenters. The quantitative estimate of drug-likeness (QED) is 0.509. The number of hydrogen-bond donors (Lipinski definition) is 0. The zero-order valence-corrected chi connectivity index (χ0v) is 20.8. The Kier molecular flexibility index (Phi) is 8.12. The summed E-state index contributed by atoms with van der Waals surface area (Å²) in [6.07, 6.45) is 13.1. The maximum Gasteiger partial charge on any atom is 0.191 e. The van der Waals surface area contributed by atoms with Crippen LogP contribution in [0.5, 0.6) is 0 Å². The van der Waals surface area contributed by atoms with Gasteiger partial charge in [0.05, 0.1) is 6.20 Å². The first-order valence-electron chi connectivity index (χ1n) is 12.4. The molecule has 0 radical (unpaired) electrons. The van der Waals surface area contributed by atoms with Gasteiger partial charge in [0, 0.05) is 25.2 Å². The fourth-order valence-electron chi connectivity index (χ4n) is 5.35. The summed E-state index contributed by atoms with van der Waals surface area (Å²) < 4.78 is 2.15. The SMILES string of the molecule is CSC(=O)[C@H]1CC[C@@H](c2ccc(CN3CCC(Cn4cc(C(C)C)cn4)CC3)cc2)CC1. The van der Waals surface area contributed by atoms with Crippen molar-refractivity contribution in [3.8, 4) is 0 Å². The van der Waals surface area contributed by atoms with Crippen LogP contribution in [-0.2, 0) is 17.9 Å². The lowest BCUT2D eigenvalue weighted by atomic mass is 9.79. The smallest absolute Gasteiger partial charge is 0.191 e. The van der Waals surface area contributed by atoms with Gasteiger partial charge in [0.1, 0.15) is 0 Å². The summed E-state index contributed by atoms with van der Waals surface area (Å²) in [5.41, 5.74) is 4.22. The Morgan fingerprint density at radius 1 is 1.06 bits per heavy atom. The third kappa shape index (κ3) is 6.05. The second-order valence-corrected chi connectivity index (χ2v) is 11.0. The average Bonchev–Trinajstić information content (AvgIpc) is 3.29. The number of piperidine rings is 1. The van der Waals surface area contributed by atoms with E-state index in [2.05, 4.69) is 59.0 Å². The summed E-state index contributed by atoms with van der Waals surface area (Å²) >= 11 is 1.40. The number of nitrogens with zero attached hydrogens (tertiary/aromatic N) is 3. The van der Waals surface area contributed by atoms with Crippen molar-refractivity contribution in [1.82, 2.24) is 14.7 Å². The minimum atomic E-state index is 0.286. The number of rotatable bonds is 7. The van der Waals surface area contributed by atoms with Gasteiger partial charge >= 0.3 is 0 Å². The third-order valence-corrected chi connectivity index (χ3v) is 8.33. The van der Waals surface area contributed by atoms with Crippen molar-refractivity contribution in [3.05, 3.63) is 53.3 Å². The standard InChI is InChI=1S/C27H39N3OS/c1-20(2)26-16-28-30(19-26)18-22-12-14-29(15-13-22)17-21-4-6-23(7-5-21)24-8-10-25(11-9-24)27(31)32-3/h4-7,16,19-20,22,24-25H,8-15,17-18H2,1-3H3/t24-,25+. The van der Waals surface area contributed by atoms with E-state index in [4.69, 9.17) is 0 Å². The molecular weight excluding hydrogens is 414 g/mol. The molecule has 1 saturated heterocycles. The largest absolute Gasteiger partial charge is 0.299 e. The van der Waals surface area contributed by atoms with Crippen molar-refractivity contribution in [3.63, 3.8) is 0 Å². The van der Waals surface area contributed by atoms with Crippen LogP contribution in [0.1, 0.15) is 80.9 Å². The van der Waals surface area contributed by atoms with Crippen LogP contribution in [0.25, 0.3) is 0 Å². The van der Waals surface area contributed by atoms with Gasteiger partial charge in [0.15, 0.2) is 5.12 Å². The molecule has 32 heavy (non-hydrogen) atoms. The molecule has 1 saturated carbocycles. The molecule has 2 aliphatic rings. The molecule has 2 aromatic rings. The number of thioether (sulfide) groups is 1. The number of likely N-dealkylation sites (tertiary alicyclic amines) is 1. The Hall–Kier alpha value is -1.59. The van der Waals surface area contributed by atoms with E-state index < -0.39 is 0 Å². The van der Waals surface area contributed by atoms with E-state index >= 15 is 0 Å². The second-order valence-electron chi connectivity index (χ2n) is 10.2. The van der Waals surface area contributed by atoms with Gasteiger partial charge in [0.25, 0.3) is 0 Å². The van der Waals surface area contributed by atoms with Gasteiger partial charge in [-0.15, -0.1) is 0 Å². The van der Waals surface area contributed by atoms with Crippen molar-refractivity contribution in [1.29, 1.82) is 0 Å². The summed E-state index contributed by atoms with van der Waals surface area (Å²) in [6.45, 7) is 8.93. The number of carbonyl (C=O) groups is 1. The maximum atomic E-state index is 11.9. The molecule has 2 heterocycles. The van der Waals surface area contributed by atoms with Gasteiger partial charge in [-0.05, 0) is 92.3 Å². The number of hydrogen-bond acceptors (Lipinski definition) is 4. The van der Waals surface area contributed by atoms with E-state index in [1.165, 1.54) is 54.4 Å². The molecule has 1 aliphatic heterocycles. The van der Waals surface area contributed by atoms with Gasteiger partial charge in [-0.3, -0.25) is 14.4 Å². The lowest BCUT2D eigenvalue weighted by Gasteiger charge is -2.32. The first kappa shape index (κ1) is 23.6. The Labute approximate surface area is 198 Å². The van der Waals surface area contributed by atoms with Crippen LogP contribution in [-0.4, -0.2) is 39.1 Å². The van der Waals surface area contributed by atoms with Gasteiger partial charge in [0.2, 0.25) is 0 Å². The van der Waals surface area contributed by atoms with Gasteiger partial charge in [-0.2, -0.15) is 5.10 Å². The first-order valence-corrected chi connectivity index (χ1v) is 13.7. The van der Waals surface area contributed by atoms with E-state index in [1.54, 1.807) is 0 Å².